The molecule has 0 bridgehead atoms. The fourth-order valence-electron chi connectivity index (χ4n) is 1.89. The summed E-state index contributed by atoms with van der Waals surface area (Å²) in [4.78, 5) is 34.8. The number of benzene rings is 2. The average molecular weight is 361 g/mol. The minimum atomic E-state index is -3.83. The normalized spacial score (nSPS) is 10.8. The first-order valence-corrected chi connectivity index (χ1v) is 8.57. The number of Topliss-reactive ketones (excluding diaryl/α,β-unsaturated/α-hetero) is 1. The van der Waals surface area contributed by atoms with Gasteiger partial charge >= 0.3 is 11.8 Å². The molecule has 2 aromatic carbocycles. The van der Waals surface area contributed by atoms with Gasteiger partial charge in [0, 0.05) is 16.9 Å². The maximum absolute atomic E-state index is 11.9. The van der Waals surface area contributed by atoms with Gasteiger partial charge in [0.1, 0.15) is 0 Å². The van der Waals surface area contributed by atoms with E-state index in [0.29, 0.717) is 11.3 Å². The Hall–Kier alpha value is -3.04. The van der Waals surface area contributed by atoms with Gasteiger partial charge < -0.3 is 10.6 Å². The first kappa shape index (κ1) is 18.3. The van der Waals surface area contributed by atoms with Gasteiger partial charge in [0.25, 0.3) is 0 Å². The van der Waals surface area contributed by atoms with Crippen LogP contribution in [0, 0.1) is 0 Å². The van der Waals surface area contributed by atoms with Crippen molar-refractivity contribution < 1.29 is 22.8 Å². The van der Waals surface area contributed by atoms with Crippen molar-refractivity contribution in [2.24, 2.45) is 5.14 Å². The monoisotopic (exact) mass is 361 g/mol. The van der Waals surface area contributed by atoms with Crippen LogP contribution in [0.4, 0.5) is 11.4 Å². The molecule has 2 aromatic rings. The summed E-state index contributed by atoms with van der Waals surface area (Å²) in [5.74, 6) is -1.95. The average Bonchev–Trinajstić information content (AvgIpc) is 2.55. The second kappa shape index (κ2) is 7.24. The van der Waals surface area contributed by atoms with E-state index in [1.807, 2.05) is 0 Å². The molecule has 9 heteroatoms. The lowest BCUT2D eigenvalue weighted by Crippen LogP contribution is -2.29. The van der Waals surface area contributed by atoms with E-state index in [2.05, 4.69) is 10.6 Å². The van der Waals surface area contributed by atoms with Crippen molar-refractivity contribution >= 4 is 39.0 Å². The zero-order chi connectivity index (χ0) is 18.6. The highest BCUT2D eigenvalue weighted by Crippen LogP contribution is 2.13. The molecular formula is C16H15N3O5S. The first-order chi connectivity index (χ1) is 11.7. The van der Waals surface area contributed by atoms with Crippen LogP contribution in [0.1, 0.15) is 17.3 Å². The van der Waals surface area contributed by atoms with Gasteiger partial charge in [-0.25, -0.2) is 13.6 Å². The Morgan fingerprint density at radius 2 is 1.20 bits per heavy atom. The summed E-state index contributed by atoms with van der Waals surface area (Å²) < 4.78 is 22.3. The van der Waals surface area contributed by atoms with Crippen molar-refractivity contribution in [2.45, 2.75) is 11.8 Å². The van der Waals surface area contributed by atoms with E-state index >= 15 is 0 Å². The van der Waals surface area contributed by atoms with Gasteiger partial charge in [-0.2, -0.15) is 0 Å². The Bertz CT molecular complexity index is 919. The highest BCUT2D eigenvalue weighted by Gasteiger charge is 2.15. The number of amides is 2. The number of nitrogens with one attached hydrogen (secondary N) is 2. The maximum atomic E-state index is 11.9. The maximum Gasteiger partial charge on any atom is 0.314 e. The predicted octanol–water partition coefficient (Wildman–Crippen LogP) is 1.11. The Morgan fingerprint density at radius 3 is 1.56 bits per heavy atom. The second-order valence-electron chi connectivity index (χ2n) is 5.11. The second-order valence-corrected chi connectivity index (χ2v) is 6.67. The van der Waals surface area contributed by atoms with Gasteiger partial charge in [0.05, 0.1) is 4.90 Å². The Labute approximate surface area is 144 Å². The van der Waals surface area contributed by atoms with Crippen LogP contribution >= 0.6 is 0 Å². The standard InChI is InChI=1S/C16H15N3O5S/c1-10(20)11-2-4-12(5-3-11)18-15(21)16(22)19-13-6-8-14(9-7-13)25(17,23)24/h2-9H,1H3,(H,18,21)(H,19,22)(H2,17,23,24). The lowest BCUT2D eigenvalue weighted by atomic mass is 10.1. The number of ketones is 1. The molecule has 8 nitrogen and oxygen atoms in total. The molecule has 0 heterocycles. The fourth-order valence-corrected chi connectivity index (χ4v) is 2.41. The molecule has 2 rings (SSSR count). The van der Waals surface area contributed by atoms with Crippen LogP contribution in [0.5, 0.6) is 0 Å². The molecule has 0 fully saturated rings. The minimum absolute atomic E-state index is 0.111. The highest BCUT2D eigenvalue weighted by molar-refractivity contribution is 7.89. The van der Waals surface area contributed by atoms with Crippen LogP contribution in [0.3, 0.4) is 0 Å². The zero-order valence-electron chi connectivity index (χ0n) is 13.1. The molecule has 0 saturated carbocycles. The molecule has 0 atom stereocenters. The molecule has 0 aliphatic heterocycles. The highest BCUT2D eigenvalue weighted by atomic mass is 32.2. The third kappa shape index (κ3) is 4.96. The predicted molar refractivity (Wildman–Crippen MR) is 91.5 cm³/mol. The number of hydrogen-bond acceptors (Lipinski definition) is 5. The number of anilines is 2. The third-order valence-corrected chi connectivity index (χ3v) is 4.13. The van der Waals surface area contributed by atoms with Crippen molar-refractivity contribution in [3.63, 3.8) is 0 Å². The smallest absolute Gasteiger partial charge is 0.314 e. The van der Waals surface area contributed by atoms with E-state index < -0.39 is 21.8 Å². The number of sulfonamides is 1. The summed E-state index contributed by atoms with van der Waals surface area (Å²) >= 11 is 0. The fraction of sp³-hybridized carbons (Fsp3) is 0.0625. The lowest BCUT2D eigenvalue weighted by molar-refractivity contribution is -0.132. The van der Waals surface area contributed by atoms with E-state index in [1.54, 1.807) is 0 Å². The molecule has 130 valence electrons. The Balaban J connectivity index is 2.00. The summed E-state index contributed by atoms with van der Waals surface area (Å²) in [6, 6.07) is 11.1. The van der Waals surface area contributed by atoms with Gasteiger partial charge in [-0.3, -0.25) is 14.4 Å². The van der Waals surface area contributed by atoms with Crippen molar-refractivity contribution in [3.8, 4) is 0 Å². The topological polar surface area (TPSA) is 135 Å². The van der Waals surface area contributed by atoms with Crippen LogP contribution in [0.15, 0.2) is 53.4 Å². The summed E-state index contributed by atoms with van der Waals surface area (Å²) in [5.41, 5.74) is 1.08. The largest absolute Gasteiger partial charge is 0.318 e. The van der Waals surface area contributed by atoms with Crippen LogP contribution in [-0.2, 0) is 19.6 Å². The number of nitrogens with two attached hydrogens (primary N) is 1. The molecule has 2 amide bonds. The molecule has 25 heavy (non-hydrogen) atoms. The van der Waals surface area contributed by atoms with E-state index in [-0.39, 0.29) is 16.4 Å². The van der Waals surface area contributed by atoms with E-state index in [1.165, 1.54) is 55.5 Å². The summed E-state index contributed by atoms with van der Waals surface area (Å²) in [6.45, 7) is 1.42. The van der Waals surface area contributed by atoms with E-state index in [9.17, 15) is 22.8 Å². The summed E-state index contributed by atoms with van der Waals surface area (Å²) in [6.07, 6.45) is 0. The lowest BCUT2D eigenvalue weighted by Gasteiger charge is -2.07. The molecular weight excluding hydrogens is 346 g/mol. The number of carbonyl (C=O) groups excluding carboxylic acids is 3. The quantitative estimate of drug-likeness (QED) is 0.554. The third-order valence-electron chi connectivity index (χ3n) is 3.20. The first-order valence-electron chi connectivity index (χ1n) is 7.03. The van der Waals surface area contributed by atoms with Crippen molar-refractivity contribution in [3.05, 3.63) is 54.1 Å². The molecule has 0 aromatic heterocycles. The number of primary sulfonamides is 1. The molecule has 4 N–H and O–H groups in total. The van der Waals surface area contributed by atoms with Gasteiger partial charge in [0.15, 0.2) is 5.78 Å². The summed E-state index contributed by atoms with van der Waals surface area (Å²) in [7, 11) is -3.83. The number of carbonyl (C=O) groups is 3. The van der Waals surface area contributed by atoms with E-state index in [0.717, 1.165) is 0 Å². The number of hydrogen-bond donors (Lipinski definition) is 3. The minimum Gasteiger partial charge on any atom is -0.318 e. The van der Waals surface area contributed by atoms with Crippen molar-refractivity contribution in [1.82, 2.24) is 0 Å². The van der Waals surface area contributed by atoms with E-state index in [4.69, 9.17) is 5.14 Å². The van der Waals surface area contributed by atoms with Crippen molar-refractivity contribution in [1.29, 1.82) is 0 Å². The van der Waals surface area contributed by atoms with Gasteiger partial charge in [-0.15, -0.1) is 0 Å². The van der Waals surface area contributed by atoms with Crippen LogP contribution in [0.2, 0.25) is 0 Å². The zero-order valence-corrected chi connectivity index (χ0v) is 14.0. The SMILES string of the molecule is CC(=O)c1ccc(NC(=O)C(=O)Nc2ccc(S(N)(=O)=O)cc2)cc1. The molecule has 0 radical (unpaired) electrons. The molecule has 0 aliphatic carbocycles. The number of rotatable bonds is 4. The van der Waals surface area contributed by atoms with Crippen LogP contribution in [-0.4, -0.2) is 26.0 Å². The van der Waals surface area contributed by atoms with Gasteiger partial charge in [0.2, 0.25) is 10.0 Å². The van der Waals surface area contributed by atoms with Crippen LogP contribution < -0.4 is 15.8 Å². The molecule has 0 unspecified atom stereocenters. The van der Waals surface area contributed by atoms with Crippen LogP contribution in [0.25, 0.3) is 0 Å². The molecule has 0 aliphatic rings. The van der Waals surface area contributed by atoms with Crippen molar-refractivity contribution in [2.75, 3.05) is 10.6 Å². The van der Waals surface area contributed by atoms with Gasteiger partial charge in [-0.05, 0) is 55.5 Å². The molecule has 0 saturated heterocycles. The van der Waals surface area contributed by atoms with Gasteiger partial charge in [-0.1, -0.05) is 0 Å². The molecule has 0 spiro atoms. The Kier molecular flexibility index (Phi) is 5.30. The Morgan fingerprint density at radius 1 is 0.800 bits per heavy atom. The summed E-state index contributed by atoms with van der Waals surface area (Å²) in [5, 5.41) is 9.69.